The first-order valence-corrected chi connectivity index (χ1v) is 12.8. The maximum atomic E-state index is 15.0. The van der Waals surface area contributed by atoms with E-state index >= 15 is 8.78 Å². The number of piperidine rings is 1. The summed E-state index contributed by atoms with van der Waals surface area (Å²) >= 11 is 0. The molecule has 36 heavy (non-hydrogen) atoms. The van der Waals surface area contributed by atoms with Crippen LogP contribution in [0.3, 0.4) is 0 Å². The molecule has 9 heteroatoms. The zero-order valence-corrected chi connectivity index (χ0v) is 20.8. The average molecular weight is 501 g/mol. The zero-order valence-electron chi connectivity index (χ0n) is 20.8. The van der Waals surface area contributed by atoms with Crippen LogP contribution in [-0.2, 0) is 0 Å². The normalized spacial score (nSPS) is 25.8. The van der Waals surface area contributed by atoms with E-state index in [2.05, 4.69) is 21.1 Å². The van der Waals surface area contributed by atoms with Crippen molar-refractivity contribution in [1.29, 1.82) is 0 Å². The number of carbonyl (C=O) groups is 1. The van der Waals surface area contributed by atoms with Crippen molar-refractivity contribution in [3.63, 3.8) is 0 Å². The van der Waals surface area contributed by atoms with Crippen LogP contribution in [-0.4, -0.2) is 45.4 Å². The predicted molar refractivity (Wildman–Crippen MR) is 133 cm³/mol. The number of hydrogen-bond acceptors (Lipinski definition) is 6. The number of anilines is 1. The molecule has 5 rings (SSSR count). The Morgan fingerprint density at radius 1 is 0.972 bits per heavy atom. The summed E-state index contributed by atoms with van der Waals surface area (Å²) < 4.78 is 40.3. The standard InChI is InChI=1S/C27H34F2N4O3/c1-35-21-15-22(36-2)25(29)23(24(21)28)17-8-11-19-20(14-17)31-32-26(19)30-27(34)16-6-9-18(10-7-16)33-12-4-3-5-13-33/h6-7,9-10,15,17,19-20,26,31-32H,3-5,8,11-14H2,1-2H3,(H,30,34). The van der Waals surface area contributed by atoms with Gasteiger partial charge >= 0.3 is 0 Å². The summed E-state index contributed by atoms with van der Waals surface area (Å²) in [5.74, 6) is -1.78. The largest absolute Gasteiger partial charge is 0.494 e. The van der Waals surface area contributed by atoms with Gasteiger partial charge in [0.15, 0.2) is 23.1 Å². The van der Waals surface area contributed by atoms with Crippen LogP contribution in [0.2, 0.25) is 0 Å². The molecule has 1 saturated carbocycles. The van der Waals surface area contributed by atoms with E-state index in [0.29, 0.717) is 24.8 Å². The van der Waals surface area contributed by atoms with Crippen LogP contribution >= 0.6 is 0 Å². The van der Waals surface area contributed by atoms with Crippen molar-refractivity contribution in [1.82, 2.24) is 16.2 Å². The number of amides is 1. The van der Waals surface area contributed by atoms with Crippen LogP contribution in [0.5, 0.6) is 11.5 Å². The second-order valence-electron chi connectivity index (χ2n) is 9.94. The van der Waals surface area contributed by atoms with Crippen molar-refractivity contribution < 1.29 is 23.0 Å². The van der Waals surface area contributed by atoms with Crippen LogP contribution in [0.4, 0.5) is 14.5 Å². The quantitative estimate of drug-likeness (QED) is 0.555. The Labute approximate surface area is 210 Å². The number of carbonyl (C=O) groups excluding carboxylic acids is 1. The molecule has 3 N–H and O–H groups in total. The second kappa shape index (κ2) is 10.6. The average Bonchev–Trinajstić information content (AvgIpc) is 3.31. The van der Waals surface area contributed by atoms with E-state index in [1.54, 1.807) is 0 Å². The van der Waals surface area contributed by atoms with Gasteiger partial charge in [0.25, 0.3) is 5.91 Å². The minimum absolute atomic E-state index is 0.00716. The van der Waals surface area contributed by atoms with Crippen LogP contribution in [0, 0.1) is 17.6 Å². The first-order valence-electron chi connectivity index (χ1n) is 12.8. The number of nitrogens with one attached hydrogen (secondary N) is 3. The van der Waals surface area contributed by atoms with Gasteiger partial charge in [-0.2, -0.15) is 0 Å². The molecule has 2 saturated heterocycles. The number of hydrogen-bond donors (Lipinski definition) is 3. The van der Waals surface area contributed by atoms with Crippen molar-refractivity contribution >= 4 is 11.6 Å². The molecule has 0 radical (unpaired) electrons. The summed E-state index contributed by atoms with van der Waals surface area (Å²) in [5, 5.41) is 3.09. The minimum Gasteiger partial charge on any atom is -0.494 e. The van der Waals surface area contributed by atoms with Crippen LogP contribution in [0.1, 0.15) is 60.4 Å². The van der Waals surface area contributed by atoms with E-state index in [1.807, 2.05) is 24.3 Å². The summed E-state index contributed by atoms with van der Waals surface area (Å²) in [6, 6.07) is 8.97. The molecule has 2 aromatic carbocycles. The van der Waals surface area contributed by atoms with Crippen molar-refractivity contribution in [2.45, 2.75) is 56.7 Å². The molecule has 7 nitrogen and oxygen atoms in total. The van der Waals surface area contributed by atoms with Gasteiger partial charge in [-0.25, -0.2) is 14.2 Å². The minimum atomic E-state index is -0.678. The number of rotatable bonds is 6. The maximum absolute atomic E-state index is 15.0. The molecular weight excluding hydrogens is 466 g/mol. The Morgan fingerprint density at radius 3 is 2.28 bits per heavy atom. The van der Waals surface area contributed by atoms with Gasteiger partial charge in [-0.1, -0.05) is 0 Å². The highest BCUT2D eigenvalue weighted by Crippen LogP contribution is 2.44. The molecule has 2 aromatic rings. The Kier molecular flexibility index (Phi) is 7.29. The molecular formula is C27H34F2N4O3. The zero-order chi connectivity index (χ0) is 25.2. The van der Waals surface area contributed by atoms with Gasteiger partial charge in [-0.15, -0.1) is 0 Å². The Balaban J connectivity index is 1.23. The number of ether oxygens (including phenoxy) is 2. The molecule has 194 valence electrons. The van der Waals surface area contributed by atoms with E-state index in [-0.39, 0.29) is 47.0 Å². The fourth-order valence-corrected chi connectivity index (χ4v) is 5.93. The van der Waals surface area contributed by atoms with Crippen molar-refractivity contribution in [2.24, 2.45) is 5.92 Å². The Hall–Kier alpha value is -2.91. The Bertz CT molecular complexity index is 1060. The summed E-state index contributed by atoms with van der Waals surface area (Å²) in [7, 11) is 2.71. The smallest absolute Gasteiger partial charge is 0.252 e. The first-order chi connectivity index (χ1) is 17.5. The molecule has 1 amide bonds. The number of hydrazine groups is 1. The molecule has 3 fully saturated rings. The molecule has 4 unspecified atom stereocenters. The topological polar surface area (TPSA) is 74.9 Å². The van der Waals surface area contributed by atoms with Crippen molar-refractivity contribution in [2.75, 3.05) is 32.2 Å². The number of halogens is 2. The first kappa shape index (κ1) is 24.8. The lowest BCUT2D eigenvalue weighted by molar-refractivity contribution is 0.0915. The fraction of sp³-hybridized carbons (Fsp3) is 0.519. The summed E-state index contributed by atoms with van der Waals surface area (Å²) in [4.78, 5) is 15.3. The van der Waals surface area contributed by atoms with Gasteiger partial charge in [-0.05, 0) is 68.7 Å². The van der Waals surface area contributed by atoms with E-state index in [1.165, 1.54) is 39.5 Å². The third kappa shape index (κ3) is 4.74. The molecule has 3 aliphatic rings. The highest BCUT2D eigenvalue weighted by Gasteiger charge is 2.43. The summed E-state index contributed by atoms with van der Waals surface area (Å²) in [6.07, 6.45) is 5.24. The van der Waals surface area contributed by atoms with Crippen LogP contribution < -0.4 is 30.5 Å². The van der Waals surface area contributed by atoms with Crippen molar-refractivity contribution in [3.05, 3.63) is 53.1 Å². The fourth-order valence-electron chi connectivity index (χ4n) is 5.93. The third-order valence-corrected chi connectivity index (χ3v) is 7.91. The number of fused-ring (bicyclic) bond motifs is 1. The van der Waals surface area contributed by atoms with E-state index in [0.717, 1.165) is 18.8 Å². The SMILES string of the molecule is COc1cc(OC)c(F)c(C2CCC3C(C2)NNC3NC(=O)c2ccc(N3CCCCC3)cc2)c1F. The van der Waals surface area contributed by atoms with Crippen molar-refractivity contribution in [3.8, 4) is 11.5 Å². The Morgan fingerprint density at radius 2 is 1.64 bits per heavy atom. The van der Waals surface area contributed by atoms with Gasteiger partial charge in [0, 0.05) is 47.9 Å². The molecule has 0 bridgehead atoms. The second-order valence-corrected chi connectivity index (χ2v) is 9.94. The molecule has 2 aliphatic heterocycles. The third-order valence-electron chi connectivity index (χ3n) is 7.91. The van der Waals surface area contributed by atoms with E-state index < -0.39 is 11.6 Å². The molecule has 0 aromatic heterocycles. The lowest BCUT2D eigenvalue weighted by Gasteiger charge is -2.33. The number of nitrogens with zero attached hydrogens (tertiary/aromatic N) is 1. The predicted octanol–water partition coefficient (Wildman–Crippen LogP) is 4.09. The molecule has 0 spiro atoms. The number of methoxy groups -OCH3 is 2. The van der Waals surface area contributed by atoms with Gasteiger partial charge < -0.3 is 19.7 Å². The lowest BCUT2D eigenvalue weighted by Crippen LogP contribution is -2.47. The van der Waals surface area contributed by atoms with Gasteiger partial charge in [-0.3, -0.25) is 10.2 Å². The molecule has 4 atom stereocenters. The van der Waals surface area contributed by atoms with E-state index in [4.69, 9.17) is 9.47 Å². The van der Waals surface area contributed by atoms with E-state index in [9.17, 15) is 4.79 Å². The van der Waals surface area contributed by atoms with Crippen LogP contribution in [0.25, 0.3) is 0 Å². The molecule has 1 aliphatic carbocycles. The van der Waals surface area contributed by atoms with Gasteiger partial charge in [0.2, 0.25) is 0 Å². The summed E-state index contributed by atoms with van der Waals surface area (Å²) in [5.41, 5.74) is 8.19. The summed E-state index contributed by atoms with van der Waals surface area (Å²) in [6.45, 7) is 2.12. The lowest BCUT2D eigenvalue weighted by atomic mass is 9.75. The highest BCUT2D eigenvalue weighted by atomic mass is 19.1. The maximum Gasteiger partial charge on any atom is 0.252 e. The van der Waals surface area contributed by atoms with Gasteiger partial charge in [0.1, 0.15) is 0 Å². The highest BCUT2D eigenvalue weighted by molar-refractivity contribution is 5.94. The molecule has 2 heterocycles. The van der Waals surface area contributed by atoms with Crippen LogP contribution in [0.15, 0.2) is 30.3 Å². The number of benzene rings is 2. The monoisotopic (exact) mass is 500 g/mol. The van der Waals surface area contributed by atoms with Gasteiger partial charge in [0.05, 0.1) is 20.4 Å².